The summed E-state index contributed by atoms with van der Waals surface area (Å²) in [6.45, 7) is 6.00. The normalized spacial score (nSPS) is 9.83. The number of aromatic nitrogens is 2. The molecular weight excluding hydrogens is 338 g/mol. The smallest absolute Gasteiger partial charge is 0.134 e. The number of nitrogens with one attached hydrogen (secondary N) is 1. The van der Waals surface area contributed by atoms with Gasteiger partial charge in [-0.15, -0.1) is 0 Å². The number of nitrogens with zero attached hydrogens (tertiary/aromatic N) is 2. The van der Waals surface area contributed by atoms with Crippen LogP contribution in [-0.2, 0) is 0 Å². The Morgan fingerprint density at radius 3 is 2.33 bits per heavy atom. The summed E-state index contributed by atoms with van der Waals surface area (Å²) in [5.41, 5.74) is 1.12. The number of rotatable bonds is 4. The van der Waals surface area contributed by atoms with Crippen molar-refractivity contribution in [1.29, 1.82) is 0 Å². The Morgan fingerprint density at radius 2 is 1.67 bits per heavy atom. The van der Waals surface area contributed by atoms with E-state index in [-0.39, 0.29) is 0 Å². The molecule has 1 N–H and O–H groups in total. The van der Waals surface area contributed by atoms with Crippen LogP contribution in [0.25, 0.3) is 0 Å². The highest BCUT2D eigenvalue weighted by Gasteiger charge is 2.04. The van der Waals surface area contributed by atoms with E-state index in [1.54, 1.807) is 11.8 Å². The van der Waals surface area contributed by atoms with Gasteiger partial charge in [0.15, 0.2) is 0 Å². The number of benzene rings is 1. The van der Waals surface area contributed by atoms with Crippen molar-refractivity contribution in [2.24, 2.45) is 0 Å². The van der Waals surface area contributed by atoms with E-state index in [0.29, 0.717) is 11.0 Å². The molecule has 3 nitrogen and oxygen atoms in total. The average Bonchev–Trinajstić information content (AvgIpc) is 2.59. The second-order valence-corrected chi connectivity index (χ2v) is 6.31. The van der Waals surface area contributed by atoms with Crippen LogP contribution in [0.15, 0.2) is 70.6 Å². The van der Waals surface area contributed by atoms with Crippen molar-refractivity contribution in [2.75, 3.05) is 5.32 Å². The van der Waals surface area contributed by atoms with Crippen molar-refractivity contribution in [1.82, 2.24) is 9.97 Å². The van der Waals surface area contributed by atoms with Gasteiger partial charge in [-0.1, -0.05) is 61.5 Å². The summed E-state index contributed by atoms with van der Waals surface area (Å²) < 4.78 is 0. The Hall–Kier alpha value is -2.04. The van der Waals surface area contributed by atoms with E-state index < -0.39 is 0 Å². The van der Waals surface area contributed by atoms with Crippen LogP contribution in [-0.4, -0.2) is 9.97 Å². The van der Waals surface area contributed by atoms with E-state index in [4.69, 9.17) is 11.6 Å². The fourth-order valence-electron chi connectivity index (χ4n) is 1.89. The zero-order chi connectivity index (χ0) is 17.4. The zero-order valence-electron chi connectivity index (χ0n) is 14.0. The molecule has 3 rings (SSSR count). The molecule has 1 aromatic carbocycles. The van der Waals surface area contributed by atoms with Gasteiger partial charge in [-0.25, -0.2) is 9.97 Å². The number of hydrogen-bond acceptors (Lipinski definition) is 4. The molecule has 0 saturated heterocycles. The molecule has 0 aliphatic heterocycles. The quantitative estimate of drug-likeness (QED) is 0.551. The van der Waals surface area contributed by atoms with Crippen LogP contribution in [0.2, 0.25) is 5.15 Å². The van der Waals surface area contributed by atoms with Crippen molar-refractivity contribution in [3.05, 3.63) is 71.5 Å². The molecular formula is C19H20ClN3S. The fourth-order valence-corrected chi connectivity index (χ4v) is 3.07. The largest absolute Gasteiger partial charge is 0.325 e. The molecule has 0 aliphatic rings. The van der Waals surface area contributed by atoms with Crippen molar-refractivity contribution >= 4 is 35.0 Å². The highest BCUT2D eigenvalue weighted by molar-refractivity contribution is 7.99. The Bertz CT molecular complexity index is 761. The van der Waals surface area contributed by atoms with Crippen LogP contribution in [0.1, 0.15) is 19.4 Å². The minimum absolute atomic E-state index is 0.454. The van der Waals surface area contributed by atoms with Crippen molar-refractivity contribution in [3.8, 4) is 0 Å². The first-order valence-electron chi connectivity index (χ1n) is 7.79. The lowest BCUT2D eigenvalue weighted by Crippen LogP contribution is -1.96. The number of hydrogen-bond donors (Lipinski definition) is 1. The Kier molecular flexibility index (Phi) is 7.09. The minimum atomic E-state index is 0.454. The molecule has 2 heterocycles. The molecule has 0 amide bonds. The van der Waals surface area contributed by atoms with Crippen LogP contribution < -0.4 is 5.32 Å². The van der Waals surface area contributed by atoms with Crippen LogP contribution in [0.5, 0.6) is 0 Å². The van der Waals surface area contributed by atoms with Gasteiger partial charge in [0.25, 0.3) is 0 Å². The van der Waals surface area contributed by atoms with E-state index in [1.165, 1.54) is 0 Å². The van der Waals surface area contributed by atoms with Crippen molar-refractivity contribution in [2.45, 2.75) is 30.6 Å². The number of halogens is 1. The Balaban J connectivity index is 0.00000100. The van der Waals surface area contributed by atoms with Gasteiger partial charge in [-0.2, -0.15) is 0 Å². The molecule has 5 heteroatoms. The first kappa shape index (κ1) is 18.3. The molecule has 0 atom stereocenters. The predicted octanol–water partition coefficient (Wildman–Crippen LogP) is 6.36. The maximum Gasteiger partial charge on any atom is 0.134 e. The molecule has 0 saturated carbocycles. The van der Waals surface area contributed by atoms with Gasteiger partial charge in [-0.3, -0.25) is 0 Å². The molecule has 0 aliphatic carbocycles. The number of aryl methyl sites for hydroxylation is 1. The molecule has 0 fully saturated rings. The highest BCUT2D eigenvalue weighted by Crippen LogP contribution is 2.31. The van der Waals surface area contributed by atoms with Gasteiger partial charge >= 0.3 is 0 Å². The molecule has 24 heavy (non-hydrogen) atoms. The van der Waals surface area contributed by atoms with Gasteiger partial charge < -0.3 is 5.32 Å². The van der Waals surface area contributed by atoms with Gasteiger partial charge in [-0.05, 0) is 42.8 Å². The fraction of sp³-hybridized carbons (Fsp3) is 0.158. The van der Waals surface area contributed by atoms with E-state index in [9.17, 15) is 0 Å². The molecule has 0 spiro atoms. The molecule has 2 aromatic heterocycles. The molecule has 0 radical (unpaired) electrons. The first-order valence-corrected chi connectivity index (χ1v) is 8.99. The molecule has 0 unspecified atom stereocenters. The van der Waals surface area contributed by atoms with Gasteiger partial charge in [0.2, 0.25) is 0 Å². The molecule has 124 valence electrons. The van der Waals surface area contributed by atoms with Crippen molar-refractivity contribution in [3.63, 3.8) is 0 Å². The summed E-state index contributed by atoms with van der Waals surface area (Å²) in [5.74, 6) is 1.43. The third-order valence-electron chi connectivity index (χ3n) is 2.91. The summed E-state index contributed by atoms with van der Waals surface area (Å²) in [6, 6.07) is 17.9. The summed E-state index contributed by atoms with van der Waals surface area (Å²) in [5, 5.41) is 3.63. The van der Waals surface area contributed by atoms with Gasteiger partial charge in [0.1, 0.15) is 16.8 Å². The van der Waals surface area contributed by atoms with Gasteiger partial charge in [0, 0.05) is 16.0 Å². The van der Waals surface area contributed by atoms with E-state index >= 15 is 0 Å². The van der Waals surface area contributed by atoms with Crippen LogP contribution in [0.4, 0.5) is 11.6 Å². The maximum atomic E-state index is 6.12. The van der Waals surface area contributed by atoms with Crippen molar-refractivity contribution < 1.29 is 0 Å². The Morgan fingerprint density at radius 1 is 0.917 bits per heavy atom. The summed E-state index contributed by atoms with van der Waals surface area (Å²) in [4.78, 5) is 10.8. The van der Waals surface area contributed by atoms with E-state index in [1.807, 2.05) is 69.4 Å². The van der Waals surface area contributed by atoms with E-state index in [0.717, 1.165) is 21.2 Å². The third kappa shape index (κ3) is 5.55. The summed E-state index contributed by atoms with van der Waals surface area (Å²) >= 11 is 7.77. The maximum absolute atomic E-state index is 6.12. The standard InChI is InChI=1S/C17H14ClN3S.C2H6/c1-12-7-8-16(19-11-12)21-17-10-14(9-15(18)20-17)22-13-5-3-2-4-6-13;1-2/h2-11H,1H3,(H,19,20,21);1-2H3. The van der Waals surface area contributed by atoms with Crippen LogP contribution in [0, 0.1) is 6.92 Å². The average molecular weight is 358 g/mol. The first-order chi connectivity index (χ1) is 11.7. The van der Waals surface area contributed by atoms with Crippen LogP contribution >= 0.6 is 23.4 Å². The van der Waals surface area contributed by atoms with E-state index in [2.05, 4.69) is 27.4 Å². The lowest BCUT2D eigenvalue weighted by atomic mass is 10.3. The van der Waals surface area contributed by atoms with Gasteiger partial charge in [0.05, 0.1) is 0 Å². The lowest BCUT2D eigenvalue weighted by molar-refractivity contribution is 1.21. The second kappa shape index (κ2) is 9.30. The highest BCUT2D eigenvalue weighted by atomic mass is 35.5. The predicted molar refractivity (Wildman–Crippen MR) is 103 cm³/mol. The second-order valence-electron chi connectivity index (χ2n) is 4.77. The number of pyridine rings is 2. The molecule has 3 aromatic rings. The monoisotopic (exact) mass is 357 g/mol. The zero-order valence-corrected chi connectivity index (χ0v) is 15.5. The number of anilines is 2. The topological polar surface area (TPSA) is 37.8 Å². The molecule has 0 bridgehead atoms. The Labute approximate surface area is 152 Å². The summed E-state index contributed by atoms with van der Waals surface area (Å²) in [7, 11) is 0. The third-order valence-corrected chi connectivity index (χ3v) is 4.09. The minimum Gasteiger partial charge on any atom is -0.325 e. The SMILES string of the molecule is CC.Cc1ccc(Nc2cc(Sc3ccccc3)cc(Cl)n2)nc1. The van der Waals surface area contributed by atoms with Crippen LogP contribution in [0.3, 0.4) is 0 Å². The lowest BCUT2D eigenvalue weighted by Gasteiger charge is -2.08. The summed E-state index contributed by atoms with van der Waals surface area (Å²) in [6.07, 6.45) is 1.81.